The molecule has 0 saturated carbocycles. The lowest BCUT2D eigenvalue weighted by molar-refractivity contribution is 0.534. The van der Waals surface area contributed by atoms with E-state index in [2.05, 4.69) is 28.2 Å². The molecule has 0 aliphatic heterocycles. The summed E-state index contributed by atoms with van der Waals surface area (Å²) in [6, 6.07) is 5.14. The van der Waals surface area contributed by atoms with Crippen molar-refractivity contribution in [2.24, 2.45) is 5.73 Å². The Hall–Kier alpha value is -0.450. The molecule has 0 fully saturated rings. The number of nitrogens with two attached hydrogens (primary N) is 1. The fraction of sp³-hybridized carbons (Fsp3) is 0.455. The van der Waals surface area contributed by atoms with Crippen LogP contribution in [0.4, 0.5) is 4.39 Å². The standard InChI is InChI=1S/C11H16BrFN2/c1-2-5-15-11(7-14)8-3-4-9(12)10(13)6-8/h3-4,6,11,15H,2,5,7,14H2,1H3. The van der Waals surface area contributed by atoms with E-state index in [-0.39, 0.29) is 11.9 Å². The molecule has 3 N–H and O–H groups in total. The number of nitrogens with one attached hydrogen (secondary N) is 1. The summed E-state index contributed by atoms with van der Waals surface area (Å²) in [4.78, 5) is 0. The minimum atomic E-state index is -0.246. The van der Waals surface area contributed by atoms with Gasteiger partial charge >= 0.3 is 0 Å². The lowest BCUT2D eigenvalue weighted by Gasteiger charge is -2.17. The van der Waals surface area contributed by atoms with Gasteiger partial charge in [0.25, 0.3) is 0 Å². The van der Waals surface area contributed by atoms with Crippen LogP contribution in [0.2, 0.25) is 0 Å². The number of benzene rings is 1. The van der Waals surface area contributed by atoms with Crippen molar-refractivity contribution in [1.29, 1.82) is 0 Å². The van der Waals surface area contributed by atoms with Crippen molar-refractivity contribution in [2.75, 3.05) is 13.1 Å². The molecule has 4 heteroatoms. The van der Waals surface area contributed by atoms with E-state index < -0.39 is 0 Å². The SMILES string of the molecule is CCCNC(CN)c1ccc(Br)c(F)c1. The molecule has 1 unspecified atom stereocenters. The van der Waals surface area contributed by atoms with Gasteiger partial charge in [0, 0.05) is 12.6 Å². The lowest BCUT2D eigenvalue weighted by atomic mass is 10.1. The van der Waals surface area contributed by atoms with Gasteiger partial charge in [-0.3, -0.25) is 0 Å². The zero-order valence-electron chi connectivity index (χ0n) is 8.76. The molecule has 2 nitrogen and oxygen atoms in total. The Balaban J connectivity index is 2.78. The Morgan fingerprint density at radius 3 is 2.80 bits per heavy atom. The van der Waals surface area contributed by atoms with Gasteiger partial charge in [-0.15, -0.1) is 0 Å². The summed E-state index contributed by atoms with van der Waals surface area (Å²) in [5.74, 6) is -0.246. The molecule has 1 rings (SSSR count). The predicted molar refractivity (Wildman–Crippen MR) is 64.2 cm³/mol. The topological polar surface area (TPSA) is 38.0 Å². The number of hydrogen-bond donors (Lipinski definition) is 2. The van der Waals surface area contributed by atoms with Crippen molar-refractivity contribution in [3.63, 3.8) is 0 Å². The smallest absolute Gasteiger partial charge is 0.137 e. The highest BCUT2D eigenvalue weighted by Crippen LogP contribution is 2.20. The monoisotopic (exact) mass is 274 g/mol. The summed E-state index contributed by atoms with van der Waals surface area (Å²) in [7, 11) is 0. The number of rotatable bonds is 5. The highest BCUT2D eigenvalue weighted by Gasteiger charge is 2.10. The molecule has 1 aromatic rings. The van der Waals surface area contributed by atoms with Crippen molar-refractivity contribution in [3.8, 4) is 0 Å². The zero-order chi connectivity index (χ0) is 11.3. The van der Waals surface area contributed by atoms with Crippen molar-refractivity contribution in [2.45, 2.75) is 19.4 Å². The summed E-state index contributed by atoms with van der Waals surface area (Å²) >= 11 is 3.13. The van der Waals surface area contributed by atoms with Gasteiger partial charge in [0.05, 0.1) is 4.47 Å². The first-order chi connectivity index (χ1) is 7.19. The van der Waals surface area contributed by atoms with Crippen LogP contribution in [0.1, 0.15) is 24.9 Å². The molecule has 1 atom stereocenters. The van der Waals surface area contributed by atoms with Gasteiger partial charge in [0.2, 0.25) is 0 Å². The van der Waals surface area contributed by atoms with Gasteiger partial charge in [-0.25, -0.2) is 4.39 Å². The maximum absolute atomic E-state index is 13.3. The summed E-state index contributed by atoms with van der Waals surface area (Å²) in [5.41, 5.74) is 6.53. The highest BCUT2D eigenvalue weighted by molar-refractivity contribution is 9.10. The van der Waals surface area contributed by atoms with Gasteiger partial charge in [-0.1, -0.05) is 13.0 Å². The third-order valence-corrected chi connectivity index (χ3v) is 2.87. The molecule has 0 heterocycles. The zero-order valence-corrected chi connectivity index (χ0v) is 10.3. The predicted octanol–water partition coefficient (Wildman–Crippen LogP) is 2.59. The quantitative estimate of drug-likeness (QED) is 0.866. The Bertz CT molecular complexity index is 317. The third kappa shape index (κ3) is 3.55. The Morgan fingerprint density at radius 1 is 1.53 bits per heavy atom. The van der Waals surface area contributed by atoms with Gasteiger partial charge < -0.3 is 11.1 Å². The van der Waals surface area contributed by atoms with Gasteiger partial charge in [-0.2, -0.15) is 0 Å². The minimum absolute atomic E-state index is 0.0348. The van der Waals surface area contributed by atoms with Crippen LogP contribution in [0.15, 0.2) is 22.7 Å². The molecule has 0 aliphatic carbocycles. The summed E-state index contributed by atoms with van der Waals surface area (Å²) in [6.07, 6.45) is 1.04. The lowest BCUT2D eigenvalue weighted by Crippen LogP contribution is -2.28. The van der Waals surface area contributed by atoms with Crippen LogP contribution in [0.5, 0.6) is 0 Å². The molecule has 84 valence electrons. The van der Waals surface area contributed by atoms with E-state index >= 15 is 0 Å². The molecule has 0 spiro atoms. The molecular weight excluding hydrogens is 259 g/mol. The second kappa shape index (κ2) is 6.20. The van der Waals surface area contributed by atoms with E-state index in [4.69, 9.17) is 5.73 Å². The van der Waals surface area contributed by atoms with Crippen LogP contribution in [-0.2, 0) is 0 Å². The van der Waals surface area contributed by atoms with Crippen LogP contribution in [0, 0.1) is 5.82 Å². The van der Waals surface area contributed by atoms with E-state index in [1.54, 1.807) is 6.07 Å². The van der Waals surface area contributed by atoms with Crippen LogP contribution in [0.25, 0.3) is 0 Å². The fourth-order valence-corrected chi connectivity index (χ4v) is 1.63. The Labute approximate surface area is 98.2 Å². The third-order valence-electron chi connectivity index (χ3n) is 2.22. The first-order valence-electron chi connectivity index (χ1n) is 5.07. The molecule has 1 aromatic carbocycles. The van der Waals surface area contributed by atoms with E-state index in [1.165, 1.54) is 6.07 Å². The molecular formula is C11H16BrFN2. The number of halogens is 2. The molecule has 15 heavy (non-hydrogen) atoms. The second-order valence-corrected chi connectivity index (χ2v) is 4.27. The van der Waals surface area contributed by atoms with Gasteiger partial charge in [0.15, 0.2) is 0 Å². The van der Waals surface area contributed by atoms with Crippen molar-refractivity contribution in [1.82, 2.24) is 5.32 Å². The van der Waals surface area contributed by atoms with E-state index in [0.717, 1.165) is 18.5 Å². The van der Waals surface area contributed by atoms with Gasteiger partial charge in [-0.05, 0) is 46.6 Å². The van der Waals surface area contributed by atoms with Crippen molar-refractivity contribution in [3.05, 3.63) is 34.1 Å². The largest absolute Gasteiger partial charge is 0.329 e. The Morgan fingerprint density at radius 2 is 2.27 bits per heavy atom. The van der Waals surface area contributed by atoms with Crippen LogP contribution in [-0.4, -0.2) is 13.1 Å². The highest BCUT2D eigenvalue weighted by atomic mass is 79.9. The first-order valence-corrected chi connectivity index (χ1v) is 5.86. The first kappa shape index (κ1) is 12.6. The summed E-state index contributed by atoms with van der Waals surface area (Å²) in [6.45, 7) is 3.45. The maximum atomic E-state index is 13.3. The number of hydrogen-bond acceptors (Lipinski definition) is 2. The maximum Gasteiger partial charge on any atom is 0.137 e. The van der Waals surface area contributed by atoms with Crippen molar-refractivity contribution >= 4 is 15.9 Å². The average molecular weight is 275 g/mol. The van der Waals surface area contributed by atoms with Crippen LogP contribution >= 0.6 is 15.9 Å². The Kier molecular flexibility index (Phi) is 5.22. The molecule has 0 aliphatic rings. The average Bonchev–Trinajstić information content (AvgIpc) is 2.24. The molecule has 0 aromatic heterocycles. The fourth-order valence-electron chi connectivity index (χ4n) is 1.38. The van der Waals surface area contributed by atoms with Gasteiger partial charge in [0.1, 0.15) is 5.82 Å². The van der Waals surface area contributed by atoms with Crippen LogP contribution in [0.3, 0.4) is 0 Å². The van der Waals surface area contributed by atoms with E-state index in [9.17, 15) is 4.39 Å². The summed E-state index contributed by atoms with van der Waals surface area (Å²) in [5, 5.41) is 3.28. The minimum Gasteiger partial charge on any atom is -0.329 e. The molecule has 0 saturated heterocycles. The molecule has 0 radical (unpaired) electrons. The molecule has 0 amide bonds. The van der Waals surface area contributed by atoms with E-state index in [0.29, 0.717) is 11.0 Å². The van der Waals surface area contributed by atoms with Crippen LogP contribution < -0.4 is 11.1 Å². The second-order valence-electron chi connectivity index (χ2n) is 3.42. The normalized spacial score (nSPS) is 12.8. The molecule has 0 bridgehead atoms. The van der Waals surface area contributed by atoms with Crippen molar-refractivity contribution < 1.29 is 4.39 Å². The van der Waals surface area contributed by atoms with E-state index in [1.807, 2.05) is 6.07 Å². The summed E-state index contributed by atoms with van der Waals surface area (Å²) < 4.78 is 13.8.